The summed E-state index contributed by atoms with van der Waals surface area (Å²) in [5.74, 6) is -0.645. The Balaban J connectivity index is 1.98. The van der Waals surface area contributed by atoms with Crippen LogP contribution in [0.2, 0.25) is 0 Å². The van der Waals surface area contributed by atoms with Crippen molar-refractivity contribution in [2.24, 2.45) is 0 Å². The van der Waals surface area contributed by atoms with Gasteiger partial charge in [0.2, 0.25) is 5.88 Å². The summed E-state index contributed by atoms with van der Waals surface area (Å²) in [6.45, 7) is -1.08. The SMILES string of the molecule is COc1ccccc1C(=O)CNC(=O)c1cccc(OCC(F)F)n1. The number of pyridine rings is 1. The molecule has 2 aromatic rings. The number of ether oxygens (including phenoxy) is 2. The molecular formula is C17H16F2N2O4. The topological polar surface area (TPSA) is 77.5 Å². The van der Waals surface area contributed by atoms with Gasteiger partial charge in [-0.3, -0.25) is 9.59 Å². The molecule has 132 valence electrons. The summed E-state index contributed by atoms with van der Waals surface area (Å²) in [5.41, 5.74) is 0.298. The van der Waals surface area contributed by atoms with E-state index in [1.165, 1.54) is 25.3 Å². The fourth-order valence-electron chi connectivity index (χ4n) is 1.99. The number of carbonyl (C=O) groups excluding carboxylic acids is 2. The normalized spacial score (nSPS) is 10.4. The van der Waals surface area contributed by atoms with E-state index < -0.39 is 18.9 Å². The van der Waals surface area contributed by atoms with Crippen LogP contribution in [0, 0.1) is 0 Å². The molecule has 0 atom stereocenters. The van der Waals surface area contributed by atoms with Crippen LogP contribution in [0.15, 0.2) is 42.5 Å². The molecule has 0 fully saturated rings. The first-order valence-electron chi connectivity index (χ1n) is 7.33. The molecule has 0 radical (unpaired) electrons. The highest BCUT2D eigenvalue weighted by atomic mass is 19.3. The molecule has 2 rings (SSSR count). The van der Waals surface area contributed by atoms with Crippen molar-refractivity contribution in [3.05, 3.63) is 53.7 Å². The van der Waals surface area contributed by atoms with Crippen LogP contribution in [0.3, 0.4) is 0 Å². The molecular weight excluding hydrogens is 334 g/mol. The van der Waals surface area contributed by atoms with Gasteiger partial charge in [-0.1, -0.05) is 18.2 Å². The minimum atomic E-state index is -2.64. The summed E-state index contributed by atoms with van der Waals surface area (Å²) in [5, 5.41) is 2.43. The number of halogens is 2. The van der Waals surface area contributed by atoms with Crippen LogP contribution in [0.5, 0.6) is 11.6 Å². The maximum atomic E-state index is 12.2. The van der Waals surface area contributed by atoms with Gasteiger partial charge in [0.25, 0.3) is 12.3 Å². The Labute approximate surface area is 142 Å². The Kier molecular flexibility index (Phi) is 6.39. The molecule has 1 amide bonds. The van der Waals surface area contributed by atoms with Gasteiger partial charge in [-0.15, -0.1) is 0 Å². The van der Waals surface area contributed by atoms with Gasteiger partial charge in [-0.25, -0.2) is 13.8 Å². The molecule has 0 aliphatic heterocycles. The number of hydrogen-bond donors (Lipinski definition) is 1. The van der Waals surface area contributed by atoms with Crippen molar-refractivity contribution >= 4 is 11.7 Å². The zero-order chi connectivity index (χ0) is 18.2. The van der Waals surface area contributed by atoms with Crippen LogP contribution in [-0.2, 0) is 0 Å². The Morgan fingerprint density at radius 3 is 2.64 bits per heavy atom. The van der Waals surface area contributed by atoms with Gasteiger partial charge in [-0.05, 0) is 18.2 Å². The van der Waals surface area contributed by atoms with Crippen molar-refractivity contribution in [3.63, 3.8) is 0 Å². The number of methoxy groups -OCH3 is 1. The van der Waals surface area contributed by atoms with Crippen LogP contribution >= 0.6 is 0 Å². The number of ketones is 1. The van der Waals surface area contributed by atoms with Crippen molar-refractivity contribution in [3.8, 4) is 11.6 Å². The number of alkyl halides is 2. The van der Waals surface area contributed by atoms with Crippen molar-refractivity contribution < 1.29 is 27.8 Å². The lowest BCUT2D eigenvalue weighted by atomic mass is 10.1. The minimum absolute atomic E-state index is 0.0420. The van der Waals surface area contributed by atoms with E-state index in [1.54, 1.807) is 24.3 Å². The van der Waals surface area contributed by atoms with Gasteiger partial charge < -0.3 is 14.8 Å². The van der Waals surface area contributed by atoms with E-state index in [2.05, 4.69) is 10.3 Å². The molecule has 8 heteroatoms. The number of rotatable bonds is 8. The van der Waals surface area contributed by atoms with Gasteiger partial charge in [0, 0.05) is 6.07 Å². The number of nitrogens with one attached hydrogen (secondary N) is 1. The molecule has 25 heavy (non-hydrogen) atoms. The first kappa shape index (κ1) is 18.3. The van der Waals surface area contributed by atoms with E-state index in [0.29, 0.717) is 11.3 Å². The number of benzene rings is 1. The fraction of sp³-hybridized carbons (Fsp3) is 0.235. The van der Waals surface area contributed by atoms with Crippen molar-refractivity contribution in [2.75, 3.05) is 20.3 Å². The maximum absolute atomic E-state index is 12.2. The lowest BCUT2D eigenvalue weighted by Crippen LogP contribution is -2.30. The maximum Gasteiger partial charge on any atom is 0.272 e. The Morgan fingerprint density at radius 2 is 1.92 bits per heavy atom. The van der Waals surface area contributed by atoms with Gasteiger partial charge in [0.15, 0.2) is 12.4 Å². The molecule has 0 saturated carbocycles. The molecule has 1 aromatic carbocycles. The first-order valence-corrected chi connectivity index (χ1v) is 7.33. The summed E-state index contributed by atoms with van der Waals surface area (Å²) in [4.78, 5) is 28.1. The van der Waals surface area contributed by atoms with E-state index >= 15 is 0 Å². The third-order valence-electron chi connectivity index (χ3n) is 3.13. The van der Waals surface area contributed by atoms with Crippen LogP contribution in [-0.4, -0.2) is 43.4 Å². The summed E-state index contributed by atoms with van der Waals surface area (Å²) >= 11 is 0. The summed E-state index contributed by atoms with van der Waals surface area (Å²) < 4.78 is 34.1. The first-order chi connectivity index (χ1) is 12.0. The highest BCUT2D eigenvalue weighted by Crippen LogP contribution is 2.17. The van der Waals surface area contributed by atoms with Gasteiger partial charge in [0.05, 0.1) is 19.2 Å². The lowest BCUT2D eigenvalue weighted by molar-refractivity contribution is 0.0791. The van der Waals surface area contributed by atoms with E-state index in [1.807, 2.05) is 0 Å². The molecule has 1 heterocycles. The second-order valence-corrected chi connectivity index (χ2v) is 4.87. The third kappa shape index (κ3) is 5.23. The molecule has 0 aliphatic carbocycles. The second kappa shape index (κ2) is 8.72. The van der Waals surface area contributed by atoms with Crippen LogP contribution in [0.4, 0.5) is 8.78 Å². The average molecular weight is 350 g/mol. The quantitative estimate of drug-likeness (QED) is 0.740. The standard InChI is InChI=1S/C17H16F2N2O4/c1-24-14-7-3-2-5-11(14)13(22)9-20-17(23)12-6-4-8-16(21-12)25-10-15(18)19/h2-8,15H,9-10H2,1H3,(H,20,23). The molecule has 6 nitrogen and oxygen atoms in total. The predicted octanol–water partition coefficient (Wildman–Crippen LogP) is 2.35. The average Bonchev–Trinajstić information content (AvgIpc) is 2.64. The number of hydrogen-bond acceptors (Lipinski definition) is 5. The Bertz CT molecular complexity index is 753. The molecule has 1 aromatic heterocycles. The number of aromatic nitrogens is 1. The number of para-hydroxylation sites is 1. The van der Waals surface area contributed by atoms with E-state index in [9.17, 15) is 18.4 Å². The number of nitrogens with zero attached hydrogens (tertiary/aromatic N) is 1. The summed E-state index contributed by atoms with van der Waals surface area (Å²) in [6, 6.07) is 10.8. The van der Waals surface area contributed by atoms with Crippen molar-refractivity contribution in [2.45, 2.75) is 6.43 Å². The Hall–Kier alpha value is -3.03. The highest BCUT2D eigenvalue weighted by Gasteiger charge is 2.15. The summed E-state index contributed by atoms with van der Waals surface area (Å²) in [6.07, 6.45) is -2.64. The zero-order valence-electron chi connectivity index (χ0n) is 13.4. The fourth-order valence-corrected chi connectivity index (χ4v) is 1.99. The highest BCUT2D eigenvalue weighted by molar-refractivity contribution is 6.03. The minimum Gasteiger partial charge on any atom is -0.496 e. The van der Waals surface area contributed by atoms with Crippen LogP contribution in [0.25, 0.3) is 0 Å². The molecule has 0 bridgehead atoms. The van der Waals surface area contributed by atoms with E-state index in [-0.39, 0.29) is 23.9 Å². The van der Waals surface area contributed by atoms with Crippen LogP contribution in [0.1, 0.15) is 20.8 Å². The van der Waals surface area contributed by atoms with E-state index in [0.717, 1.165) is 0 Å². The van der Waals surface area contributed by atoms with Gasteiger partial charge in [-0.2, -0.15) is 0 Å². The molecule has 0 spiro atoms. The predicted molar refractivity (Wildman–Crippen MR) is 85.4 cm³/mol. The van der Waals surface area contributed by atoms with Crippen molar-refractivity contribution in [1.29, 1.82) is 0 Å². The van der Waals surface area contributed by atoms with E-state index in [4.69, 9.17) is 9.47 Å². The largest absolute Gasteiger partial charge is 0.496 e. The van der Waals surface area contributed by atoms with Crippen molar-refractivity contribution in [1.82, 2.24) is 10.3 Å². The van der Waals surface area contributed by atoms with Crippen LogP contribution < -0.4 is 14.8 Å². The number of Topliss-reactive ketones (excluding diaryl/α,β-unsaturated/α-hetero) is 1. The smallest absolute Gasteiger partial charge is 0.272 e. The summed E-state index contributed by atoms with van der Waals surface area (Å²) in [7, 11) is 1.44. The number of carbonyl (C=O) groups is 2. The second-order valence-electron chi connectivity index (χ2n) is 4.87. The molecule has 0 saturated heterocycles. The Morgan fingerprint density at radius 1 is 1.16 bits per heavy atom. The monoisotopic (exact) mass is 350 g/mol. The molecule has 0 aliphatic rings. The van der Waals surface area contributed by atoms with Gasteiger partial charge >= 0.3 is 0 Å². The number of amides is 1. The zero-order valence-corrected chi connectivity index (χ0v) is 13.4. The van der Waals surface area contributed by atoms with Gasteiger partial charge in [0.1, 0.15) is 11.4 Å². The third-order valence-corrected chi connectivity index (χ3v) is 3.13. The molecule has 0 unspecified atom stereocenters. The lowest BCUT2D eigenvalue weighted by Gasteiger charge is -2.09. The molecule has 1 N–H and O–H groups in total.